The van der Waals surface area contributed by atoms with Gasteiger partial charge in [0.2, 0.25) is 0 Å². The Morgan fingerprint density at radius 1 is 1.20 bits per heavy atom. The summed E-state index contributed by atoms with van der Waals surface area (Å²) in [6.45, 7) is 4.87. The fraction of sp³-hybridized carbons (Fsp3) is 0.458. The van der Waals surface area contributed by atoms with Gasteiger partial charge in [-0.05, 0) is 49.1 Å². The lowest BCUT2D eigenvalue weighted by molar-refractivity contribution is 0.140. The zero-order valence-corrected chi connectivity index (χ0v) is 17.7. The van der Waals surface area contributed by atoms with E-state index in [1.807, 2.05) is 12.1 Å². The molecule has 5 nitrogen and oxygen atoms in total. The van der Waals surface area contributed by atoms with Crippen molar-refractivity contribution in [3.8, 4) is 5.75 Å². The number of hydrogen-bond donors (Lipinski definition) is 2. The molecule has 2 fully saturated rings. The number of rotatable bonds is 7. The Kier molecular flexibility index (Phi) is 6.23. The smallest absolute Gasteiger partial charge is 0.191 e. The number of benzene rings is 2. The summed E-state index contributed by atoms with van der Waals surface area (Å²) in [7, 11) is 1.77. The van der Waals surface area contributed by atoms with E-state index in [-0.39, 0.29) is 17.3 Å². The van der Waals surface area contributed by atoms with Gasteiger partial charge >= 0.3 is 0 Å². The number of nitrogens with zero attached hydrogens (tertiary/aromatic N) is 1. The van der Waals surface area contributed by atoms with Crippen LogP contribution < -0.4 is 15.4 Å². The Bertz CT molecular complexity index is 888. The number of ether oxygens (including phenoxy) is 2. The van der Waals surface area contributed by atoms with Crippen molar-refractivity contribution in [3.05, 3.63) is 65.0 Å². The molecular weight excluding hydrogens is 381 g/mol. The molecule has 2 aromatic rings. The lowest BCUT2D eigenvalue weighted by Gasteiger charge is -2.20. The van der Waals surface area contributed by atoms with Gasteiger partial charge in [-0.2, -0.15) is 0 Å². The summed E-state index contributed by atoms with van der Waals surface area (Å²) >= 11 is 0. The quantitative estimate of drug-likeness (QED) is 0.539. The van der Waals surface area contributed by atoms with E-state index in [2.05, 4.69) is 40.7 Å². The van der Waals surface area contributed by atoms with Gasteiger partial charge in [0, 0.05) is 37.5 Å². The van der Waals surface area contributed by atoms with Gasteiger partial charge in [-0.25, -0.2) is 4.39 Å². The van der Waals surface area contributed by atoms with E-state index in [1.54, 1.807) is 7.05 Å². The van der Waals surface area contributed by atoms with Crippen LogP contribution in [0.25, 0.3) is 0 Å². The summed E-state index contributed by atoms with van der Waals surface area (Å²) in [4.78, 5) is 4.37. The zero-order chi connectivity index (χ0) is 21.0. The highest BCUT2D eigenvalue weighted by molar-refractivity contribution is 5.80. The van der Waals surface area contributed by atoms with E-state index in [0.717, 1.165) is 49.7 Å². The highest BCUT2D eigenvalue weighted by Crippen LogP contribution is 2.47. The maximum absolute atomic E-state index is 13.2. The van der Waals surface area contributed by atoms with Crippen LogP contribution in [0.2, 0.25) is 0 Å². The van der Waals surface area contributed by atoms with Crippen LogP contribution in [0.3, 0.4) is 0 Å². The second kappa shape index (κ2) is 9.04. The van der Waals surface area contributed by atoms with E-state index in [9.17, 15) is 4.39 Å². The average molecular weight is 412 g/mol. The van der Waals surface area contributed by atoms with Gasteiger partial charge in [0.1, 0.15) is 17.7 Å². The van der Waals surface area contributed by atoms with Gasteiger partial charge < -0.3 is 20.1 Å². The van der Waals surface area contributed by atoms with Crippen LogP contribution in [0.5, 0.6) is 5.75 Å². The highest BCUT2D eigenvalue weighted by Gasteiger charge is 2.44. The molecule has 2 aliphatic rings. The monoisotopic (exact) mass is 411 g/mol. The Hall–Kier alpha value is -2.60. The molecule has 1 unspecified atom stereocenters. The third-order valence-electron chi connectivity index (χ3n) is 5.98. The largest absolute Gasteiger partial charge is 0.488 e. The molecule has 160 valence electrons. The molecule has 2 N–H and O–H groups in total. The fourth-order valence-corrected chi connectivity index (χ4v) is 3.88. The Morgan fingerprint density at radius 2 is 2.00 bits per heavy atom. The molecule has 1 saturated carbocycles. The SMILES string of the molecule is CN=C(NCc1ccc(C)cc1OC1CCOC1)NCC1(c2ccc(F)cc2)CC1. The minimum absolute atomic E-state index is 0.0753. The van der Waals surface area contributed by atoms with Crippen LogP contribution in [0.4, 0.5) is 4.39 Å². The predicted molar refractivity (Wildman–Crippen MR) is 117 cm³/mol. The second-order valence-electron chi connectivity index (χ2n) is 8.28. The fourth-order valence-electron chi connectivity index (χ4n) is 3.88. The normalized spacial score (nSPS) is 20.1. The first-order valence-corrected chi connectivity index (χ1v) is 10.6. The highest BCUT2D eigenvalue weighted by atomic mass is 19.1. The summed E-state index contributed by atoms with van der Waals surface area (Å²) < 4.78 is 24.9. The predicted octanol–water partition coefficient (Wildman–Crippen LogP) is 3.70. The van der Waals surface area contributed by atoms with Crippen LogP contribution in [-0.4, -0.2) is 38.9 Å². The van der Waals surface area contributed by atoms with Gasteiger partial charge in [0.25, 0.3) is 0 Å². The molecule has 2 aromatic carbocycles. The molecule has 4 rings (SSSR count). The van der Waals surface area contributed by atoms with Crippen molar-refractivity contribution in [1.29, 1.82) is 0 Å². The molecule has 0 spiro atoms. The Morgan fingerprint density at radius 3 is 2.67 bits per heavy atom. The van der Waals surface area contributed by atoms with E-state index in [1.165, 1.54) is 23.3 Å². The van der Waals surface area contributed by atoms with E-state index in [4.69, 9.17) is 9.47 Å². The van der Waals surface area contributed by atoms with Gasteiger partial charge in [-0.15, -0.1) is 0 Å². The topological polar surface area (TPSA) is 54.9 Å². The number of guanidine groups is 1. The first-order chi connectivity index (χ1) is 14.6. The molecule has 0 bridgehead atoms. The van der Waals surface area contributed by atoms with Crippen LogP contribution >= 0.6 is 0 Å². The number of aliphatic imine (C=N–C) groups is 1. The minimum atomic E-state index is -0.194. The van der Waals surface area contributed by atoms with Crippen molar-refractivity contribution in [2.24, 2.45) is 4.99 Å². The van der Waals surface area contributed by atoms with E-state index in [0.29, 0.717) is 13.2 Å². The molecule has 1 heterocycles. The number of nitrogens with one attached hydrogen (secondary N) is 2. The summed E-state index contributed by atoms with van der Waals surface area (Å²) in [5.74, 6) is 1.46. The maximum Gasteiger partial charge on any atom is 0.191 e. The molecule has 6 heteroatoms. The van der Waals surface area contributed by atoms with Crippen molar-refractivity contribution in [2.75, 3.05) is 26.8 Å². The van der Waals surface area contributed by atoms with Crippen molar-refractivity contribution < 1.29 is 13.9 Å². The summed E-state index contributed by atoms with van der Waals surface area (Å²) in [5, 5.41) is 6.84. The van der Waals surface area contributed by atoms with Crippen molar-refractivity contribution in [3.63, 3.8) is 0 Å². The third-order valence-corrected chi connectivity index (χ3v) is 5.98. The number of hydrogen-bond acceptors (Lipinski definition) is 3. The van der Waals surface area contributed by atoms with Crippen LogP contribution in [0.1, 0.15) is 36.0 Å². The molecule has 30 heavy (non-hydrogen) atoms. The summed E-state index contributed by atoms with van der Waals surface area (Å²) in [6.07, 6.45) is 3.24. The van der Waals surface area contributed by atoms with E-state index < -0.39 is 0 Å². The lowest BCUT2D eigenvalue weighted by atomic mass is 9.96. The van der Waals surface area contributed by atoms with E-state index >= 15 is 0 Å². The maximum atomic E-state index is 13.2. The molecule has 1 aliphatic heterocycles. The van der Waals surface area contributed by atoms with Crippen LogP contribution in [-0.2, 0) is 16.7 Å². The lowest BCUT2D eigenvalue weighted by Crippen LogP contribution is -2.41. The molecule has 0 aromatic heterocycles. The van der Waals surface area contributed by atoms with Gasteiger partial charge in [0.05, 0.1) is 13.2 Å². The molecule has 0 radical (unpaired) electrons. The second-order valence-corrected chi connectivity index (χ2v) is 8.28. The van der Waals surface area contributed by atoms with Crippen molar-refractivity contribution in [1.82, 2.24) is 10.6 Å². The van der Waals surface area contributed by atoms with Gasteiger partial charge in [0.15, 0.2) is 5.96 Å². The number of halogens is 1. The minimum Gasteiger partial charge on any atom is -0.488 e. The zero-order valence-electron chi connectivity index (χ0n) is 17.7. The van der Waals surface area contributed by atoms with Gasteiger partial charge in [-0.3, -0.25) is 4.99 Å². The van der Waals surface area contributed by atoms with Crippen LogP contribution in [0, 0.1) is 12.7 Å². The summed E-state index contributed by atoms with van der Waals surface area (Å²) in [5.41, 5.74) is 3.52. The first kappa shape index (κ1) is 20.7. The Balaban J connectivity index is 1.35. The standard InChI is InChI=1S/C24H30FN3O2/c1-17-3-4-18(22(13-17)30-21-9-12-29-15-21)14-27-23(26-2)28-16-24(10-11-24)19-5-7-20(25)8-6-19/h3-8,13,21H,9-12,14-16H2,1-2H3,(H2,26,27,28). The molecule has 1 saturated heterocycles. The first-order valence-electron chi connectivity index (χ1n) is 10.6. The Labute approximate surface area is 177 Å². The number of aryl methyl sites for hydroxylation is 1. The molecule has 1 atom stereocenters. The van der Waals surface area contributed by atoms with Crippen molar-refractivity contribution in [2.45, 2.75) is 44.2 Å². The van der Waals surface area contributed by atoms with Gasteiger partial charge in [-0.1, -0.05) is 24.3 Å². The summed E-state index contributed by atoms with van der Waals surface area (Å²) in [6, 6.07) is 13.1. The molecular formula is C24H30FN3O2. The average Bonchev–Trinajstić information content (AvgIpc) is 3.36. The van der Waals surface area contributed by atoms with Crippen LogP contribution in [0.15, 0.2) is 47.5 Å². The molecule has 1 aliphatic carbocycles. The molecule has 0 amide bonds. The third kappa shape index (κ3) is 4.93. The van der Waals surface area contributed by atoms with Crippen molar-refractivity contribution >= 4 is 5.96 Å².